The van der Waals surface area contributed by atoms with Crippen LogP contribution in [-0.4, -0.2) is 15.9 Å². The lowest BCUT2D eigenvalue weighted by Gasteiger charge is -2.25. The molecule has 0 aliphatic rings. The number of fused-ring (bicyclic) bond motifs is 1. The second-order valence-electron chi connectivity index (χ2n) is 5.12. The van der Waals surface area contributed by atoms with Crippen LogP contribution in [0.1, 0.15) is 19.4 Å². The highest BCUT2D eigenvalue weighted by molar-refractivity contribution is 9.18. The molecule has 0 unspecified atom stereocenters. The van der Waals surface area contributed by atoms with E-state index in [2.05, 4.69) is 21.2 Å². The quantitative estimate of drug-likeness (QED) is 0.696. The minimum absolute atomic E-state index is 0.243. The molecular formula is C13H15BrN2O3. The Hall–Kier alpha value is -1.56. The molecule has 102 valence electrons. The Labute approximate surface area is 118 Å². The summed E-state index contributed by atoms with van der Waals surface area (Å²) in [5.74, 6) is -0.376. The maximum absolute atomic E-state index is 11.4. The molecule has 5 nitrogen and oxygen atoms in total. The molecule has 6 heteroatoms. The van der Waals surface area contributed by atoms with Gasteiger partial charge in [-0.1, -0.05) is 19.9 Å². The predicted octanol–water partition coefficient (Wildman–Crippen LogP) is 2.51. The van der Waals surface area contributed by atoms with Crippen LogP contribution in [-0.2, 0) is 12.5 Å². The molecule has 0 aliphatic carbocycles. The van der Waals surface area contributed by atoms with E-state index in [0.29, 0.717) is 12.1 Å². The number of oxazole rings is 1. The monoisotopic (exact) mass is 326 g/mol. The number of aryl methyl sites for hydroxylation is 1. The first-order chi connectivity index (χ1) is 8.81. The van der Waals surface area contributed by atoms with Gasteiger partial charge >= 0.3 is 5.76 Å². The summed E-state index contributed by atoms with van der Waals surface area (Å²) < 4.78 is 6.64. The third-order valence-corrected chi connectivity index (χ3v) is 3.52. The van der Waals surface area contributed by atoms with E-state index in [1.807, 2.05) is 32.0 Å². The highest BCUT2D eigenvalue weighted by Crippen LogP contribution is 2.25. The molecule has 2 rings (SSSR count). The summed E-state index contributed by atoms with van der Waals surface area (Å²) in [7, 11) is 1.67. The number of amides is 1. The molecule has 0 atom stereocenters. The van der Waals surface area contributed by atoms with Gasteiger partial charge in [0.25, 0.3) is 4.82 Å². The van der Waals surface area contributed by atoms with Gasteiger partial charge in [-0.05, 0) is 17.7 Å². The van der Waals surface area contributed by atoms with Crippen LogP contribution in [0.3, 0.4) is 0 Å². The smallest absolute Gasteiger partial charge is 0.408 e. The zero-order chi connectivity index (χ0) is 14.2. The minimum atomic E-state index is -0.376. The van der Waals surface area contributed by atoms with Crippen molar-refractivity contribution >= 4 is 31.8 Å². The molecule has 2 aromatic rings. The predicted molar refractivity (Wildman–Crippen MR) is 76.8 cm³/mol. The summed E-state index contributed by atoms with van der Waals surface area (Å²) in [6.45, 7) is 4.51. The third kappa shape index (κ3) is 2.73. The normalized spacial score (nSPS) is 11.8. The number of benzene rings is 1. The van der Waals surface area contributed by atoms with Crippen LogP contribution >= 0.6 is 15.9 Å². The van der Waals surface area contributed by atoms with Crippen molar-refractivity contribution in [3.05, 3.63) is 34.3 Å². The van der Waals surface area contributed by atoms with E-state index in [0.717, 1.165) is 11.1 Å². The summed E-state index contributed by atoms with van der Waals surface area (Å²) in [6.07, 6.45) is 0. The lowest BCUT2D eigenvalue weighted by Crippen LogP contribution is -2.34. The van der Waals surface area contributed by atoms with Crippen LogP contribution < -0.4 is 11.1 Å². The van der Waals surface area contributed by atoms with E-state index >= 15 is 0 Å². The van der Waals surface area contributed by atoms with Crippen molar-refractivity contribution in [2.45, 2.75) is 19.3 Å². The molecule has 0 fully saturated rings. The highest BCUT2D eigenvalue weighted by atomic mass is 79.9. The van der Waals surface area contributed by atoms with Crippen molar-refractivity contribution in [3.8, 4) is 0 Å². The third-order valence-electron chi connectivity index (χ3n) is 3.24. The number of nitrogens with one attached hydrogen (secondary N) is 1. The molecule has 0 aliphatic heterocycles. The Kier molecular flexibility index (Phi) is 3.54. The van der Waals surface area contributed by atoms with E-state index in [9.17, 15) is 9.59 Å². The van der Waals surface area contributed by atoms with E-state index in [4.69, 9.17) is 4.42 Å². The van der Waals surface area contributed by atoms with E-state index in [1.165, 1.54) is 4.57 Å². The number of nitrogens with zero attached hydrogens (tertiary/aromatic N) is 1. The minimum Gasteiger partial charge on any atom is -0.408 e. The van der Waals surface area contributed by atoms with E-state index < -0.39 is 0 Å². The van der Waals surface area contributed by atoms with Crippen molar-refractivity contribution in [1.82, 2.24) is 9.88 Å². The van der Waals surface area contributed by atoms with Crippen LogP contribution in [0.2, 0.25) is 0 Å². The zero-order valence-electron chi connectivity index (χ0n) is 11.0. The van der Waals surface area contributed by atoms with Crippen molar-refractivity contribution in [1.29, 1.82) is 0 Å². The number of rotatable bonds is 3. The van der Waals surface area contributed by atoms with Crippen molar-refractivity contribution < 1.29 is 9.21 Å². The van der Waals surface area contributed by atoms with Gasteiger partial charge in [0.2, 0.25) is 0 Å². The Morgan fingerprint density at radius 3 is 2.79 bits per heavy atom. The second kappa shape index (κ2) is 4.85. The zero-order valence-corrected chi connectivity index (χ0v) is 12.6. The Morgan fingerprint density at radius 2 is 2.16 bits per heavy atom. The summed E-state index contributed by atoms with van der Waals surface area (Å²) in [5, 5.41) is 2.73. The molecular weight excluding hydrogens is 312 g/mol. The van der Waals surface area contributed by atoms with E-state index in [-0.39, 0.29) is 16.0 Å². The molecule has 0 bridgehead atoms. The van der Waals surface area contributed by atoms with Crippen LogP contribution in [0.25, 0.3) is 11.1 Å². The number of aromatic nitrogens is 1. The number of halogens is 1. The first-order valence-corrected chi connectivity index (χ1v) is 6.64. The van der Waals surface area contributed by atoms with Crippen LogP contribution in [0.15, 0.2) is 27.4 Å². The second-order valence-corrected chi connectivity index (χ2v) is 5.84. The largest absolute Gasteiger partial charge is 0.419 e. The van der Waals surface area contributed by atoms with Gasteiger partial charge in [0, 0.05) is 34.9 Å². The fourth-order valence-electron chi connectivity index (χ4n) is 1.95. The fourth-order valence-corrected chi connectivity index (χ4v) is 2.09. The fraction of sp³-hybridized carbons (Fsp3) is 0.385. The summed E-state index contributed by atoms with van der Waals surface area (Å²) in [5.41, 5.74) is 2.05. The molecule has 1 aromatic heterocycles. The summed E-state index contributed by atoms with van der Waals surface area (Å²) in [6, 6.07) is 5.64. The molecule has 0 saturated carbocycles. The van der Waals surface area contributed by atoms with Gasteiger partial charge in [-0.3, -0.25) is 9.36 Å². The first-order valence-electron chi connectivity index (χ1n) is 5.85. The van der Waals surface area contributed by atoms with Crippen molar-refractivity contribution in [3.63, 3.8) is 0 Å². The van der Waals surface area contributed by atoms with Crippen molar-refractivity contribution in [2.24, 2.45) is 7.05 Å². The van der Waals surface area contributed by atoms with Crippen LogP contribution in [0, 0.1) is 0 Å². The molecule has 1 N–H and O–H groups in total. The molecule has 1 amide bonds. The van der Waals surface area contributed by atoms with Gasteiger partial charge in [0.05, 0.1) is 5.52 Å². The SMILES string of the molecule is Cn1c(=O)oc2cc(C(C)(C)CNC(=O)Br)ccc21. The van der Waals surface area contributed by atoms with Gasteiger partial charge in [-0.2, -0.15) is 0 Å². The van der Waals surface area contributed by atoms with Gasteiger partial charge in [-0.25, -0.2) is 4.79 Å². The molecule has 0 saturated heterocycles. The summed E-state index contributed by atoms with van der Waals surface area (Å²) in [4.78, 5) is 22.1. The Morgan fingerprint density at radius 1 is 1.47 bits per heavy atom. The molecule has 1 aromatic carbocycles. The van der Waals surface area contributed by atoms with Crippen molar-refractivity contribution in [2.75, 3.05) is 6.54 Å². The number of hydrogen-bond donors (Lipinski definition) is 1. The Bertz CT molecular complexity index is 685. The molecule has 19 heavy (non-hydrogen) atoms. The topological polar surface area (TPSA) is 64.2 Å². The first kappa shape index (κ1) is 13.9. The maximum atomic E-state index is 11.4. The number of hydrogen-bond acceptors (Lipinski definition) is 3. The van der Waals surface area contributed by atoms with Crippen LogP contribution in [0.4, 0.5) is 4.79 Å². The van der Waals surface area contributed by atoms with Gasteiger partial charge in [-0.15, -0.1) is 0 Å². The average molecular weight is 327 g/mol. The standard InChI is InChI=1S/C13H15BrN2O3/c1-13(2,7-15-11(14)17)8-4-5-9-10(6-8)19-12(18)16(9)3/h4-6H,7H2,1-3H3,(H,15,17). The number of carbonyl (C=O) groups excluding carboxylic acids is 1. The lowest BCUT2D eigenvalue weighted by atomic mass is 9.84. The average Bonchev–Trinajstić information content (AvgIpc) is 2.62. The molecule has 0 radical (unpaired) electrons. The van der Waals surface area contributed by atoms with Gasteiger partial charge in [0.1, 0.15) is 0 Å². The number of carbonyl (C=O) groups is 1. The van der Waals surface area contributed by atoms with Crippen LogP contribution in [0.5, 0.6) is 0 Å². The maximum Gasteiger partial charge on any atom is 0.419 e. The molecule has 0 spiro atoms. The van der Waals surface area contributed by atoms with Gasteiger partial charge in [0.15, 0.2) is 5.58 Å². The summed E-state index contributed by atoms with van der Waals surface area (Å²) >= 11 is 2.84. The highest BCUT2D eigenvalue weighted by Gasteiger charge is 2.22. The molecule has 1 heterocycles. The Balaban J connectivity index is 2.40. The van der Waals surface area contributed by atoms with Gasteiger partial charge < -0.3 is 9.73 Å². The van der Waals surface area contributed by atoms with E-state index in [1.54, 1.807) is 7.05 Å². The lowest BCUT2D eigenvalue weighted by molar-refractivity contribution is 0.259.